The average Bonchev–Trinajstić information content (AvgIpc) is 2.37. The quantitative estimate of drug-likeness (QED) is 0.811. The Balaban J connectivity index is 2.62. The number of hydrogen-bond acceptors (Lipinski definition) is 2. The predicted molar refractivity (Wildman–Crippen MR) is 80.2 cm³/mol. The number of nitrogens with two attached hydrogens (primary N) is 1. The lowest BCUT2D eigenvalue weighted by Gasteiger charge is -2.43. The van der Waals surface area contributed by atoms with Crippen LogP contribution in [0.3, 0.4) is 0 Å². The van der Waals surface area contributed by atoms with Crippen LogP contribution in [0.15, 0.2) is 0 Å². The van der Waals surface area contributed by atoms with Crippen molar-refractivity contribution >= 4 is 11.9 Å². The fourth-order valence-corrected chi connectivity index (χ4v) is 2.75. The number of piperidine rings is 1. The van der Waals surface area contributed by atoms with E-state index in [-0.39, 0.29) is 5.91 Å². The summed E-state index contributed by atoms with van der Waals surface area (Å²) in [6.07, 6.45) is 3.52. The monoisotopic (exact) mass is 283 g/mol. The second-order valence-electron chi connectivity index (χ2n) is 6.48. The molecule has 0 bridgehead atoms. The van der Waals surface area contributed by atoms with Crippen LogP contribution in [0.4, 0.5) is 4.79 Å². The van der Waals surface area contributed by atoms with Crippen molar-refractivity contribution in [2.75, 3.05) is 13.1 Å². The number of carbonyl (C=O) groups is 2. The molecule has 0 spiro atoms. The Morgan fingerprint density at radius 3 is 2.25 bits per heavy atom. The highest BCUT2D eigenvalue weighted by Gasteiger charge is 2.35. The topological polar surface area (TPSA) is 75.4 Å². The lowest BCUT2D eigenvalue weighted by molar-refractivity contribution is -0.136. The number of rotatable bonds is 5. The molecule has 0 aromatic rings. The summed E-state index contributed by atoms with van der Waals surface area (Å²) >= 11 is 0. The summed E-state index contributed by atoms with van der Waals surface area (Å²) in [7, 11) is 0. The van der Waals surface area contributed by atoms with Crippen molar-refractivity contribution in [3.05, 3.63) is 0 Å². The van der Waals surface area contributed by atoms with Gasteiger partial charge in [-0.05, 0) is 30.6 Å². The van der Waals surface area contributed by atoms with Gasteiger partial charge in [-0.3, -0.25) is 4.79 Å². The van der Waals surface area contributed by atoms with E-state index in [0.717, 1.165) is 32.4 Å². The van der Waals surface area contributed by atoms with Gasteiger partial charge in [-0.25, -0.2) is 4.79 Å². The van der Waals surface area contributed by atoms with Gasteiger partial charge in [-0.15, -0.1) is 0 Å². The third-order valence-corrected chi connectivity index (χ3v) is 4.80. The summed E-state index contributed by atoms with van der Waals surface area (Å²) in [5.74, 6) is 0.631. The molecule has 1 heterocycles. The van der Waals surface area contributed by atoms with Gasteiger partial charge in [0.05, 0.1) is 0 Å². The van der Waals surface area contributed by atoms with Gasteiger partial charge in [-0.1, -0.05) is 34.1 Å². The highest BCUT2D eigenvalue weighted by Crippen LogP contribution is 2.38. The minimum Gasteiger partial charge on any atom is -0.352 e. The molecule has 0 aromatic carbocycles. The average molecular weight is 283 g/mol. The normalized spacial score (nSPS) is 19.8. The maximum Gasteiger partial charge on any atom is 0.312 e. The van der Waals surface area contributed by atoms with Gasteiger partial charge in [-0.2, -0.15) is 0 Å². The molecular formula is C15H29N3O2. The van der Waals surface area contributed by atoms with E-state index in [2.05, 4.69) is 26.1 Å². The smallest absolute Gasteiger partial charge is 0.312 e. The van der Waals surface area contributed by atoms with Crippen LogP contribution in [0.2, 0.25) is 0 Å². The second kappa shape index (κ2) is 6.95. The SMILES string of the molecule is CCC[C@@H](NC(N)=O)C(=O)N1CCC(C)(C(C)C)CC1. The fraction of sp³-hybridized carbons (Fsp3) is 0.867. The first kappa shape index (κ1) is 16.8. The van der Waals surface area contributed by atoms with Gasteiger partial charge >= 0.3 is 6.03 Å². The molecule has 5 nitrogen and oxygen atoms in total. The van der Waals surface area contributed by atoms with Crippen molar-refractivity contribution in [2.45, 2.75) is 59.4 Å². The van der Waals surface area contributed by atoms with Crippen molar-refractivity contribution in [3.63, 3.8) is 0 Å². The first-order valence-corrected chi connectivity index (χ1v) is 7.65. The lowest BCUT2D eigenvalue weighted by Crippen LogP contribution is -2.53. The molecule has 0 unspecified atom stereocenters. The Bertz CT molecular complexity index is 347. The van der Waals surface area contributed by atoms with Crippen molar-refractivity contribution in [3.8, 4) is 0 Å². The second-order valence-corrected chi connectivity index (χ2v) is 6.48. The van der Waals surface area contributed by atoms with Gasteiger partial charge in [0.1, 0.15) is 6.04 Å². The van der Waals surface area contributed by atoms with Crippen molar-refractivity contribution in [1.29, 1.82) is 0 Å². The summed E-state index contributed by atoms with van der Waals surface area (Å²) in [5, 5.41) is 2.57. The number of nitrogens with zero attached hydrogens (tertiary/aromatic N) is 1. The van der Waals surface area contributed by atoms with E-state index >= 15 is 0 Å². The molecule has 1 aliphatic rings. The largest absolute Gasteiger partial charge is 0.352 e. The Kier molecular flexibility index (Phi) is 5.84. The summed E-state index contributed by atoms with van der Waals surface area (Å²) in [5.41, 5.74) is 5.47. The highest BCUT2D eigenvalue weighted by molar-refractivity contribution is 5.86. The molecule has 1 aliphatic heterocycles. The summed E-state index contributed by atoms with van der Waals surface area (Å²) < 4.78 is 0. The van der Waals surface area contributed by atoms with Gasteiger partial charge in [0, 0.05) is 13.1 Å². The van der Waals surface area contributed by atoms with Gasteiger partial charge in [0.25, 0.3) is 0 Å². The van der Waals surface area contributed by atoms with Crippen LogP contribution in [0.5, 0.6) is 0 Å². The molecule has 1 fully saturated rings. The van der Waals surface area contributed by atoms with E-state index in [1.807, 2.05) is 11.8 Å². The molecule has 20 heavy (non-hydrogen) atoms. The van der Waals surface area contributed by atoms with Crippen LogP contribution >= 0.6 is 0 Å². The number of carbonyl (C=O) groups excluding carboxylic acids is 2. The first-order valence-electron chi connectivity index (χ1n) is 7.65. The van der Waals surface area contributed by atoms with Crippen molar-refractivity contribution < 1.29 is 9.59 Å². The maximum absolute atomic E-state index is 12.5. The number of amides is 3. The van der Waals surface area contributed by atoms with Crippen LogP contribution in [0.25, 0.3) is 0 Å². The van der Waals surface area contributed by atoms with Gasteiger partial charge in [0.15, 0.2) is 0 Å². The molecule has 0 aliphatic carbocycles. The molecule has 5 heteroatoms. The third kappa shape index (κ3) is 4.12. The first-order chi connectivity index (χ1) is 9.30. The Morgan fingerprint density at radius 1 is 1.30 bits per heavy atom. The Labute approximate surface area is 122 Å². The molecule has 116 valence electrons. The number of urea groups is 1. The molecule has 3 amide bonds. The number of likely N-dealkylation sites (tertiary alicyclic amines) is 1. The molecule has 0 saturated carbocycles. The third-order valence-electron chi connectivity index (χ3n) is 4.80. The molecular weight excluding hydrogens is 254 g/mol. The highest BCUT2D eigenvalue weighted by atomic mass is 16.2. The van der Waals surface area contributed by atoms with Crippen LogP contribution in [0, 0.1) is 11.3 Å². The van der Waals surface area contributed by atoms with Crippen molar-refractivity contribution in [1.82, 2.24) is 10.2 Å². The molecule has 0 radical (unpaired) electrons. The van der Waals surface area contributed by atoms with Crippen LogP contribution in [-0.4, -0.2) is 36.0 Å². The number of nitrogens with one attached hydrogen (secondary N) is 1. The maximum atomic E-state index is 12.5. The van der Waals surface area contributed by atoms with Gasteiger partial charge < -0.3 is 16.0 Å². The molecule has 1 rings (SSSR count). The van der Waals surface area contributed by atoms with Crippen LogP contribution < -0.4 is 11.1 Å². The van der Waals surface area contributed by atoms with E-state index < -0.39 is 12.1 Å². The number of hydrogen-bond donors (Lipinski definition) is 2. The van der Waals surface area contributed by atoms with E-state index in [0.29, 0.717) is 17.8 Å². The lowest BCUT2D eigenvalue weighted by atomic mass is 9.72. The van der Waals surface area contributed by atoms with E-state index in [1.54, 1.807) is 0 Å². The molecule has 1 atom stereocenters. The molecule has 0 aromatic heterocycles. The molecule has 1 saturated heterocycles. The zero-order valence-electron chi connectivity index (χ0n) is 13.2. The zero-order valence-corrected chi connectivity index (χ0v) is 13.2. The van der Waals surface area contributed by atoms with Crippen LogP contribution in [-0.2, 0) is 4.79 Å². The minimum absolute atomic E-state index is 0.0106. The fourth-order valence-electron chi connectivity index (χ4n) is 2.75. The van der Waals surface area contributed by atoms with E-state index in [9.17, 15) is 9.59 Å². The minimum atomic E-state index is -0.624. The summed E-state index contributed by atoms with van der Waals surface area (Å²) in [6.45, 7) is 10.3. The standard InChI is InChI=1S/C15H29N3O2/c1-5-6-12(17-14(16)20)13(19)18-9-7-15(4,8-10-18)11(2)3/h11-12H,5-10H2,1-4H3,(H3,16,17,20)/t12-/m1/s1. The Hall–Kier alpha value is -1.26. The zero-order chi connectivity index (χ0) is 15.3. The van der Waals surface area contributed by atoms with E-state index in [4.69, 9.17) is 5.73 Å². The molecule has 3 N–H and O–H groups in total. The predicted octanol–water partition coefficient (Wildman–Crippen LogP) is 2.11. The van der Waals surface area contributed by atoms with E-state index in [1.165, 1.54) is 0 Å². The summed E-state index contributed by atoms with van der Waals surface area (Å²) in [6, 6.07) is -1.10. The number of primary amides is 1. The van der Waals surface area contributed by atoms with Crippen molar-refractivity contribution in [2.24, 2.45) is 17.1 Å². The summed E-state index contributed by atoms with van der Waals surface area (Å²) in [4.78, 5) is 25.3. The van der Waals surface area contributed by atoms with Crippen LogP contribution in [0.1, 0.15) is 53.4 Å². The van der Waals surface area contributed by atoms with Gasteiger partial charge in [0.2, 0.25) is 5.91 Å². The Morgan fingerprint density at radius 2 is 1.85 bits per heavy atom.